The third kappa shape index (κ3) is 7.70. The van der Waals surface area contributed by atoms with E-state index >= 15 is 0 Å². The number of aromatic nitrogens is 3. The Balaban J connectivity index is 0.00000341. The molecule has 3 aromatic rings. The molecule has 0 aliphatic heterocycles. The second kappa shape index (κ2) is 12.7. The van der Waals surface area contributed by atoms with E-state index in [4.69, 9.17) is 14.0 Å². The highest BCUT2D eigenvalue weighted by molar-refractivity contribution is 14.0. The van der Waals surface area contributed by atoms with Crippen molar-refractivity contribution in [3.63, 3.8) is 0 Å². The summed E-state index contributed by atoms with van der Waals surface area (Å²) in [6, 6.07) is 13.1. The van der Waals surface area contributed by atoms with Gasteiger partial charge in [0.2, 0.25) is 0 Å². The van der Waals surface area contributed by atoms with Crippen LogP contribution in [0.4, 0.5) is 0 Å². The number of hydrogen-bond acceptors (Lipinski definition) is 7. The minimum Gasteiger partial charge on any atom is -0.497 e. The van der Waals surface area contributed by atoms with E-state index in [2.05, 4.69) is 30.8 Å². The van der Waals surface area contributed by atoms with Crippen LogP contribution in [-0.4, -0.2) is 54.4 Å². The maximum atomic E-state index is 5.91. The van der Waals surface area contributed by atoms with Crippen molar-refractivity contribution in [3.05, 3.63) is 54.5 Å². The van der Waals surface area contributed by atoms with Crippen molar-refractivity contribution in [1.29, 1.82) is 0 Å². The second-order valence-electron chi connectivity index (χ2n) is 6.47. The number of guanidine groups is 1. The monoisotopic (exact) mass is 538 g/mol. The number of ether oxygens (including phenoxy) is 2. The van der Waals surface area contributed by atoms with Gasteiger partial charge in [0.1, 0.15) is 23.3 Å². The highest BCUT2D eigenvalue weighted by Crippen LogP contribution is 2.19. The van der Waals surface area contributed by atoms with E-state index < -0.39 is 0 Å². The molecule has 0 amide bonds. The van der Waals surface area contributed by atoms with Crippen LogP contribution in [0.1, 0.15) is 12.7 Å². The molecule has 0 saturated heterocycles. The van der Waals surface area contributed by atoms with Gasteiger partial charge in [0.25, 0.3) is 5.89 Å². The van der Waals surface area contributed by atoms with Crippen LogP contribution >= 0.6 is 24.0 Å². The van der Waals surface area contributed by atoms with Crippen molar-refractivity contribution in [2.45, 2.75) is 19.4 Å². The fraction of sp³-hybridized carbons (Fsp3) is 0.333. The van der Waals surface area contributed by atoms with Crippen molar-refractivity contribution in [2.24, 2.45) is 4.99 Å². The van der Waals surface area contributed by atoms with Crippen molar-refractivity contribution in [1.82, 2.24) is 25.8 Å². The molecule has 0 bridgehead atoms. The molecule has 0 aliphatic rings. The van der Waals surface area contributed by atoms with Crippen LogP contribution in [0.15, 0.2) is 58.2 Å². The van der Waals surface area contributed by atoms with E-state index in [-0.39, 0.29) is 30.1 Å². The lowest BCUT2D eigenvalue weighted by molar-refractivity contribution is 0.223. The molecule has 10 heteroatoms. The van der Waals surface area contributed by atoms with Gasteiger partial charge in [-0.25, -0.2) is 0 Å². The Hall–Kier alpha value is -2.89. The molecule has 1 unspecified atom stereocenters. The summed E-state index contributed by atoms with van der Waals surface area (Å²) in [5, 5.41) is 10.5. The lowest BCUT2D eigenvalue weighted by Gasteiger charge is -2.18. The number of pyridine rings is 1. The number of nitrogens with one attached hydrogen (secondary N) is 2. The maximum absolute atomic E-state index is 5.91. The number of hydrogen-bond donors (Lipinski definition) is 2. The van der Waals surface area contributed by atoms with Crippen LogP contribution in [0.2, 0.25) is 0 Å². The Morgan fingerprint density at radius 1 is 1.16 bits per heavy atom. The largest absolute Gasteiger partial charge is 0.497 e. The highest BCUT2D eigenvalue weighted by Gasteiger charge is 2.10. The van der Waals surface area contributed by atoms with Gasteiger partial charge in [-0.3, -0.25) is 9.98 Å². The Labute approximate surface area is 198 Å². The number of aliphatic imine (C=N–C) groups is 1. The first kappa shape index (κ1) is 24.4. The normalized spacial score (nSPS) is 11.9. The zero-order valence-electron chi connectivity index (χ0n) is 17.7. The molecule has 0 aliphatic carbocycles. The van der Waals surface area contributed by atoms with Gasteiger partial charge in [-0.15, -0.1) is 24.0 Å². The zero-order chi connectivity index (χ0) is 21.2. The first-order valence-corrected chi connectivity index (χ1v) is 9.67. The van der Waals surface area contributed by atoms with Crippen LogP contribution in [0.25, 0.3) is 11.6 Å². The van der Waals surface area contributed by atoms with Crippen LogP contribution < -0.4 is 20.1 Å². The highest BCUT2D eigenvalue weighted by atomic mass is 127. The average molecular weight is 538 g/mol. The quantitative estimate of drug-likeness (QED) is 0.244. The molecule has 0 saturated carbocycles. The molecule has 31 heavy (non-hydrogen) atoms. The van der Waals surface area contributed by atoms with Gasteiger partial charge in [-0.05, 0) is 31.2 Å². The standard InChI is InChI=1S/C21H26N6O3.HI/c1-15(29-17-8-6-7-16(13-17)28-3)14-25-21(22-2)24-12-10-19-26-20(30-27-19)18-9-4-5-11-23-18;/h4-9,11,13,15H,10,12,14H2,1-3H3,(H2,22,24,25);1H. The van der Waals surface area contributed by atoms with Gasteiger partial charge < -0.3 is 24.6 Å². The minimum absolute atomic E-state index is 0. The third-order valence-electron chi connectivity index (χ3n) is 4.15. The van der Waals surface area contributed by atoms with E-state index in [1.54, 1.807) is 20.4 Å². The summed E-state index contributed by atoms with van der Waals surface area (Å²) in [6.07, 6.45) is 2.22. The predicted molar refractivity (Wildman–Crippen MR) is 129 cm³/mol. The number of methoxy groups -OCH3 is 1. The molecule has 0 fully saturated rings. The molecule has 0 spiro atoms. The summed E-state index contributed by atoms with van der Waals surface area (Å²) in [5.74, 6) is 3.21. The molecule has 2 heterocycles. The number of benzene rings is 1. The molecule has 1 aromatic carbocycles. The van der Waals surface area contributed by atoms with Crippen molar-refractivity contribution in [2.75, 3.05) is 27.2 Å². The molecule has 166 valence electrons. The fourth-order valence-corrected chi connectivity index (χ4v) is 2.65. The molecule has 2 N–H and O–H groups in total. The lowest BCUT2D eigenvalue weighted by Crippen LogP contribution is -2.42. The van der Waals surface area contributed by atoms with Gasteiger partial charge in [-0.2, -0.15) is 4.98 Å². The van der Waals surface area contributed by atoms with E-state index in [1.165, 1.54) is 0 Å². The van der Waals surface area contributed by atoms with Crippen LogP contribution in [-0.2, 0) is 6.42 Å². The Morgan fingerprint density at radius 2 is 2.00 bits per heavy atom. The third-order valence-corrected chi connectivity index (χ3v) is 4.15. The summed E-state index contributed by atoms with van der Waals surface area (Å²) in [7, 11) is 3.35. The Kier molecular flexibility index (Phi) is 10.0. The van der Waals surface area contributed by atoms with Crippen LogP contribution in [0, 0.1) is 0 Å². The first-order valence-electron chi connectivity index (χ1n) is 9.67. The van der Waals surface area contributed by atoms with Crippen molar-refractivity contribution < 1.29 is 14.0 Å². The number of halogens is 1. The summed E-state index contributed by atoms with van der Waals surface area (Å²) in [4.78, 5) is 12.8. The van der Waals surface area contributed by atoms with Gasteiger partial charge in [-0.1, -0.05) is 17.3 Å². The summed E-state index contributed by atoms with van der Waals surface area (Å²) >= 11 is 0. The van der Waals surface area contributed by atoms with E-state index in [0.29, 0.717) is 42.9 Å². The van der Waals surface area contributed by atoms with Crippen molar-refractivity contribution in [3.8, 4) is 23.1 Å². The smallest absolute Gasteiger partial charge is 0.276 e. The maximum Gasteiger partial charge on any atom is 0.276 e. The van der Waals surface area contributed by atoms with E-state index in [9.17, 15) is 0 Å². The van der Waals surface area contributed by atoms with Gasteiger partial charge in [0, 0.05) is 32.3 Å². The molecule has 3 rings (SSSR count). The molecular weight excluding hydrogens is 511 g/mol. The number of nitrogens with zero attached hydrogens (tertiary/aromatic N) is 4. The summed E-state index contributed by atoms with van der Waals surface area (Å²) in [6.45, 7) is 3.17. The van der Waals surface area contributed by atoms with E-state index in [1.807, 2.05) is 49.4 Å². The Bertz CT molecular complexity index is 951. The van der Waals surface area contributed by atoms with Gasteiger partial charge in [0.15, 0.2) is 11.8 Å². The Morgan fingerprint density at radius 3 is 2.74 bits per heavy atom. The zero-order valence-corrected chi connectivity index (χ0v) is 20.1. The number of rotatable bonds is 9. The predicted octanol–water partition coefficient (Wildman–Crippen LogP) is 2.93. The molecule has 1 atom stereocenters. The topological polar surface area (TPSA) is 107 Å². The second-order valence-corrected chi connectivity index (χ2v) is 6.47. The molecule has 9 nitrogen and oxygen atoms in total. The first-order chi connectivity index (χ1) is 14.7. The van der Waals surface area contributed by atoms with E-state index in [0.717, 1.165) is 11.5 Å². The molecule has 0 radical (unpaired) electrons. The van der Waals surface area contributed by atoms with Crippen molar-refractivity contribution >= 4 is 29.9 Å². The molecule has 2 aromatic heterocycles. The van der Waals surface area contributed by atoms with Crippen LogP contribution in [0.3, 0.4) is 0 Å². The lowest BCUT2D eigenvalue weighted by atomic mass is 10.3. The van der Waals surface area contributed by atoms with Gasteiger partial charge in [0.05, 0.1) is 13.7 Å². The summed E-state index contributed by atoms with van der Waals surface area (Å²) in [5.41, 5.74) is 0.659. The average Bonchev–Trinajstić information content (AvgIpc) is 3.26. The SMILES string of the molecule is CN=C(NCCc1noc(-c2ccccn2)n1)NCC(C)Oc1cccc(OC)c1.I. The summed E-state index contributed by atoms with van der Waals surface area (Å²) < 4.78 is 16.4. The van der Waals surface area contributed by atoms with Gasteiger partial charge >= 0.3 is 0 Å². The van der Waals surface area contributed by atoms with Crippen LogP contribution in [0.5, 0.6) is 11.5 Å². The fourth-order valence-electron chi connectivity index (χ4n) is 2.65. The minimum atomic E-state index is -0.0613. The molecular formula is C21H27IN6O3.